The molecule has 0 saturated heterocycles. The summed E-state index contributed by atoms with van der Waals surface area (Å²) in [5.41, 5.74) is 1.09. The number of alkyl halides is 1. The van der Waals surface area contributed by atoms with Gasteiger partial charge in [-0.3, -0.25) is 10.1 Å². The summed E-state index contributed by atoms with van der Waals surface area (Å²) in [5, 5.41) is 12.4. The van der Waals surface area contributed by atoms with Gasteiger partial charge in [-0.1, -0.05) is 12.1 Å². The minimum absolute atomic E-state index is 0.0992. The number of rotatable bonds is 4. The largest absolute Gasteiger partial charge is 0.269 e. The van der Waals surface area contributed by atoms with Crippen molar-refractivity contribution < 1.29 is 4.92 Å². The summed E-state index contributed by atoms with van der Waals surface area (Å²) < 4.78 is 1.01. The molecule has 94 valence electrons. The second-order valence-corrected chi connectivity index (χ2v) is 6.06. The summed E-state index contributed by atoms with van der Waals surface area (Å²) in [5.74, 6) is 0. The zero-order valence-corrected chi connectivity index (χ0v) is 12.3. The van der Waals surface area contributed by atoms with E-state index in [0.717, 1.165) is 14.9 Å². The van der Waals surface area contributed by atoms with Crippen molar-refractivity contribution in [3.63, 3.8) is 0 Å². The predicted molar refractivity (Wildman–Crippen MR) is 77.4 cm³/mol. The fraction of sp³-hybridized carbons (Fsp3) is 0.167. The topological polar surface area (TPSA) is 43.1 Å². The molecule has 0 saturated carbocycles. The van der Waals surface area contributed by atoms with E-state index in [1.165, 1.54) is 12.1 Å². The Bertz CT molecular complexity index is 555. The maximum Gasteiger partial charge on any atom is 0.269 e. The number of nitro groups is 1. The van der Waals surface area contributed by atoms with E-state index < -0.39 is 4.92 Å². The van der Waals surface area contributed by atoms with Crippen LogP contribution in [0.2, 0.25) is 0 Å². The van der Waals surface area contributed by atoms with E-state index in [0.29, 0.717) is 6.42 Å². The highest BCUT2D eigenvalue weighted by atomic mass is 79.9. The molecule has 1 heterocycles. The lowest BCUT2D eigenvalue weighted by Gasteiger charge is -2.08. The summed E-state index contributed by atoms with van der Waals surface area (Å²) in [6.07, 6.45) is 0.651. The first kappa shape index (κ1) is 13.5. The van der Waals surface area contributed by atoms with Crippen LogP contribution >= 0.6 is 38.9 Å². The summed E-state index contributed by atoms with van der Waals surface area (Å²) in [6.45, 7) is 0. The summed E-state index contributed by atoms with van der Waals surface area (Å²) in [4.78, 5) is 11.2. The van der Waals surface area contributed by atoms with Crippen LogP contribution in [0.15, 0.2) is 40.2 Å². The molecule has 1 atom stereocenters. The number of nitrogens with zero attached hydrogens (tertiary/aromatic N) is 1. The highest BCUT2D eigenvalue weighted by Crippen LogP contribution is 2.35. The lowest BCUT2D eigenvalue weighted by molar-refractivity contribution is -0.384. The molecule has 0 bridgehead atoms. The first-order chi connectivity index (χ1) is 8.58. The van der Waals surface area contributed by atoms with Gasteiger partial charge in [0.1, 0.15) is 0 Å². The standard InChI is InChI=1S/C12H9BrClNO2S/c13-10-5-6-18-12(10)11(14)7-8-1-3-9(4-2-8)15(16)17/h1-6,11H,7H2. The third-order valence-corrected chi connectivity index (χ3v) is 4.98. The molecule has 1 aromatic carbocycles. The Morgan fingerprint density at radius 1 is 1.33 bits per heavy atom. The highest BCUT2D eigenvalue weighted by Gasteiger charge is 2.14. The average molecular weight is 347 g/mol. The summed E-state index contributed by atoms with van der Waals surface area (Å²) >= 11 is 11.4. The van der Waals surface area contributed by atoms with Gasteiger partial charge in [-0.05, 0) is 39.4 Å². The van der Waals surface area contributed by atoms with Crippen LogP contribution in [0, 0.1) is 10.1 Å². The molecular formula is C12H9BrClNO2S. The van der Waals surface area contributed by atoms with Crippen molar-refractivity contribution in [2.45, 2.75) is 11.8 Å². The number of hydrogen-bond acceptors (Lipinski definition) is 3. The first-order valence-electron chi connectivity index (χ1n) is 5.18. The number of hydrogen-bond donors (Lipinski definition) is 0. The summed E-state index contributed by atoms with van der Waals surface area (Å²) in [6, 6.07) is 8.46. The first-order valence-corrected chi connectivity index (χ1v) is 7.29. The Kier molecular flexibility index (Phi) is 4.37. The zero-order valence-electron chi connectivity index (χ0n) is 9.18. The third kappa shape index (κ3) is 3.10. The molecule has 3 nitrogen and oxygen atoms in total. The minimum Gasteiger partial charge on any atom is -0.258 e. The molecule has 2 rings (SSSR count). The van der Waals surface area contributed by atoms with Crippen LogP contribution in [-0.4, -0.2) is 4.92 Å². The predicted octanol–water partition coefficient (Wildman–Crippen LogP) is 4.94. The molecule has 1 unspecified atom stereocenters. The van der Waals surface area contributed by atoms with Crippen LogP contribution < -0.4 is 0 Å². The maximum absolute atomic E-state index is 10.5. The summed E-state index contributed by atoms with van der Waals surface area (Å²) in [7, 11) is 0. The Balaban J connectivity index is 2.10. The molecule has 0 aliphatic rings. The van der Waals surface area contributed by atoms with E-state index in [-0.39, 0.29) is 11.1 Å². The minimum atomic E-state index is -0.405. The molecule has 0 radical (unpaired) electrons. The Morgan fingerprint density at radius 3 is 2.50 bits per heavy atom. The number of thiophene rings is 1. The van der Waals surface area contributed by atoms with Crippen molar-refractivity contribution in [2.75, 3.05) is 0 Å². The second kappa shape index (κ2) is 5.82. The van der Waals surface area contributed by atoms with E-state index in [2.05, 4.69) is 15.9 Å². The SMILES string of the molecule is O=[N+]([O-])c1ccc(CC(Cl)c2sccc2Br)cc1. The molecule has 1 aromatic heterocycles. The van der Waals surface area contributed by atoms with Gasteiger partial charge >= 0.3 is 0 Å². The Labute approximate surface area is 122 Å². The van der Waals surface area contributed by atoms with Crippen molar-refractivity contribution >= 4 is 44.6 Å². The molecule has 0 N–H and O–H groups in total. The third-order valence-electron chi connectivity index (χ3n) is 2.49. The smallest absolute Gasteiger partial charge is 0.258 e. The van der Waals surface area contributed by atoms with E-state index >= 15 is 0 Å². The van der Waals surface area contributed by atoms with Crippen molar-refractivity contribution in [1.82, 2.24) is 0 Å². The van der Waals surface area contributed by atoms with E-state index in [1.807, 2.05) is 11.4 Å². The number of non-ortho nitro benzene ring substituents is 1. The van der Waals surface area contributed by atoms with Gasteiger partial charge in [0.15, 0.2) is 0 Å². The monoisotopic (exact) mass is 345 g/mol. The number of halogens is 2. The molecule has 2 aromatic rings. The average Bonchev–Trinajstić information content (AvgIpc) is 2.76. The van der Waals surface area contributed by atoms with Crippen LogP contribution in [0.4, 0.5) is 5.69 Å². The fourth-order valence-corrected chi connectivity index (χ4v) is 3.79. The Morgan fingerprint density at radius 2 is 2.00 bits per heavy atom. The molecule has 18 heavy (non-hydrogen) atoms. The normalized spacial score (nSPS) is 12.3. The van der Waals surface area contributed by atoms with Crippen molar-refractivity contribution in [3.05, 3.63) is 60.7 Å². The molecule has 6 heteroatoms. The van der Waals surface area contributed by atoms with Crippen LogP contribution in [0.5, 0.6) is 0 Å². The zero-order chi connectivity index (χ0) is 13.1. The molecule has 0 amide bonds. The van der Waals surface area contributed by atoms with Crippen molar-refractivity contribution in [2.24, 2.45) is 0 Å². The lowest BCUT2D eigenvalue weighted by Crippen LogP contribution is -1.95. The molecule has 0 spiro atoms. The molecule has 0 fully saturated rings. The van der Waals surface area contributed by atoms with Gasteiger partial charge in [-0.15, -0.1) is 22.9 Å². The molecule has 0 aliphatic heterocycles. The van der Waals surface area contributed by atoms with Crippen molar-refractivity contribution in [3.8, 4) is 0 Å². The van der Waals surface area contributed by atoms with Crippen LogP contribution in [0.3, 0.4) is 0 Å². The van der Waals surface area contributed by atoms with E-state index in [9.17, 15) is 10.1 Å². The fourth-order valence-electron chi connectivity index (χ4n) is 1.58. The molecule has 0 aliphatic carbocycles. The van der Waals surface area contributed by atoms with E-state index in [1.54, 1.807) is 23.5 Å². The second-order valence-electron chi connectivity index (χ2n) is 3.73. The van der Waals surface area contributed by atoms with Crippen molar-refractivity contribution in [1.29, 1.82) is 0 Å². The lowest BCUT2D eigenvalue weighted by atomic mass is 10.1. The van der Waals surface area contributed by atoms with Gasteiger partial charge in [0.2, 0.25) is 0 Å². The van der Waals surface area contributed by atoms with Crippen LogP contribution in [-0.2, 0) is 6.42 Å². The van der Waals surface area contributed by atoms with Crippen LogP contribution in [0.1, 0.15) is 15.8 Å². The molecular weight excluding hydrogens is 338 g/mol. The van der Waals surface area contributed by atoms with Gasteiger partial charge in [0.25, 0.3) is 5.69 Å². The van der Waals surface area contributed by atoms with Gasteiger partial charge in [-0.25, -0.2) is 0 Å². The number of benzene rings is 1. The van der Waals surface area contributed by atoms with Gasteiger partial charge in [-0.2, -0.15) is 0 Å². The van der Waals surface area contributed by atoms with Gasteiger partial charge in [0, 0.05) is 21.5 Å². The van der Waals surface area contributed by atoms with E-state index in [4.69, 9.17) is 11.6 Å². The highest BCUT2D eigenvalue weighted by molar-refractivity contribution is 9.10. The quantitative estimate of drug-likeness (QED) is 0.447. The van der Waals surface area contributed by atoms with Crippen LogP contribution in [0.25, 0.3) is 0 Å². The maximum atomic E-state index is 10.5. The number of nitro benzene ring substituents is 1. The van der Waals surface area contributed by atoms with Gasteiger partial charge in [0.05, 0.1) is 10.3 Å². The Hall–Kier alpha value is -0.910. The van der Waals surface area contributed by atoms with Gasteiger partial charge < -0.3 is 0 Å².